The van der Waals surface area contributed by atoms with Crippen LogP contribution in [-0.4, -0.2) is 23.8 Å². The number of carbonyl (C=O) groups is 3. The highest BCUT2D eigenvalue weighted by Crippen LogP contribution is 2.03. The monoisotopic (exact) mass is 244 g/mol. The van der Waals surface area contributed by atoms with Crippen LogP contribution in [0.3, 0.4) is 0 Å². The van der Waals surface area contributed by atoms with Gasteiger partial charge < -0.3 is 5.32 Å². The van der Waals surface area contributed by atoms with Crippen molar-refractivity contribution in [2.24, 2.45) is 0 Å². The molecular formula is C13H12N2O3. The molecule has 0 aliphatic carbocycles. The van der Waals surface area contributed by atoms with Crippen LogP contribution in [0.15, 0.2) is 36.4 Å². The topological polar surface area (TPSA) is 75.3 Å². The second kappa shape index (κ2) is 5.27. The number of hydrogen-bond donors (Lipinski definition) is 2. The minimum atomic E-state index is -0.759. The molecule has 1 aliphatic rings. The minimum absolute atomic E-state index is 0.00372. The molecule has 1 saturated heterocycles. The van der Waals surface area contributed by atoms with E-state index in [0.717, 1.165) is 5.56 Å². The van der Waals surface area contributed by atoms with Gasteiger partial charge in [-0.1, -0.05) is 30.3 Å². The Balaban J connectivity index is 1.91. The van der Waals surface area contributed by atoms with Crippen LogP contribution in [0.2, 0.25) is 0 Å². The smallest absolute Gasteiger partial charge is 0.249 e. The molecule has 0 bridgehead atoms. The molecule has 3 amide bonds. The molecule has 92 valence electrons. The van der Waals surface area contributed by atoms with E-state index in [1.54, 1.807) is 6.08 Å². The maximum Gasteiger partial charge on any atom is 0.249 e. The maximum absolute atomic E-state index is 11.5. The lowest BCUT2D eigenvalue weighted by Crippen LogP contribution is -2.39. The normalized spacial score (nSPS) is 19.0. The molecule has 2 N–H and O–H groups in total. The molecule has 0 saturated carbocycles. The molecule has 1 aliphatic heterocycles. The summed E-state index contributed by atoms with van der Waals surface area (Å²) in [5, 5.41) is 4.60. The van der Waals surface area contributed by atoms with Gasteiger partial charge in [0.05, 0.1) is 6.42 Å². The van der Waals surface area contributed by atoms with Gasteiger partial charge in [-0.05, 0) is 11.6 Å². The molecule has 1 aromatic rings. The van der Waals surface area contributed by atoms with Gasteiger partial charge in [0.2, 0.25) is 17.7 Å². The number of hydrogen-bond acceptors (Lipinski definition) is 3. The number of benzene rings is 1. The SMILES string of the molecule is O=C(C=Cc1ccccc1)NC1CC(=O)NC1=O. The van der Waals surface area contributed by atoms with Crippen LogP contribution in [0.5, 0.6) is 0 Å². The van der Waals surface area contributed by atoms with Crippen molar-refractivity contribution in [2.75, 3.05) is 0 Å². The molecule has 0 radical (unpaired) electrons. The van der Waals surface area contributed by atoms with Crippen molar-refractivity contribution >= 4 is 23.8 Å². The van der Waals surface area contributed by atoms with Crippen LogP contribution in [0, 0.1) is 0 Å². The van der Waals surface area contributed by atoms with E-state index in [1.165, 1.54) is 6.08 Å². The van der Waals surface area contributed by atoms with Gasteiger partial charge >= 0.3 is 0 Å². The number of nitrogens with one attached hydrogen (secondary N) is 2. The van der Waals surface area contributed by atoms with E-state index in [2.05, 4.69) is 10.6 Å². The summed E-state index contributed by atoms with van der Waals surface area (Å²) in [5.74, 6) is -1.22. The number of rotatable bonds is 3. The quantitative estimate of drug-likeness (QED) is 0.590. The first-order valence-corrected chi connectivity index (χ1v) is 5.52. The fraction of sp³-hybridized carbons (Fsp3) is 0.154. The van der Waals surface area contributed by atoms with Gasteiger partial charge in [0, 0.05) is 6.08 Å². The van der Waals surface area contributed by atoms with E-state index in [1.807, 2.05) is 30.3 Å². The molecule has 1 atom stereocenters. The predicted octanol–water partition coefficient (Wildman–Crippen LogP) is 0.231. The summed E-state index contributed by atoms with van der Waals surface area (Å²) in [5.41, 5.74) is 0.889. The van der Waals surface area contributed by atoms with Crippen molar-refractivity contribution in [1.82, 2.24) is 10.6 Å². The third-order valence-corrected chi connectivity index (χ3v) is 2.51. The van der Waals surface area contributed by atoms with E-state index >= 15 is 0 Å². The molecule has 5 heteroatoms. The van der Waals surface area contributed by atoms with E-state index in [4.69, 9.17) is 0 Å². The van der Waals surface area contributed by atoms with Gasteiger partial charge in [-0.3, -0.25) is 19.7 Å². The van der Waals surface area contributed by atoms with Crippen molar-refractivity contribution in [3.63, 3.8) is 0 Å². The zero-order valence-corrected chi connectivity index (χ0v) is 9.55. The highest BCUT2D eigenvalue weighted by molar-refractivity contribution is 6.07. The second-order valence-corrected chi connectivity index (χ2v) is 3.92. The summed E-state index contributed by atoms with van der Waals surface area (Å²) < 4.78 is 0. The maximum atomic E-state index is 11.5. The Morgan fingerprint density at radius 3 is 2.61 bits per heavy atom. The van der Waals surface area contributed by atoms with Gasteiger partial charge in [0.15, 0.2) is 0 Å². The fourth-order valence-electron chi connectivity index (χ4n) is 1.63. The summed E-state index contributed by atoms with van der Waals surface area (Å²) >= 11 is 0. The van der Waals surface area contributed by atoms with E-state index < -0.39 is 17.9 Å². The van der Waals surface area contributed by atoms with Crippen LogP contribution in [-0.2, 0) is 14.4 Å². The Labute approximate surface area is 104 Å². The van der Waals surface area contributed by atoms with E-state index in [9.17, 15) is 14.4 Å². The fourth-order valence-corrected chi connectivity index (χ4v) is 1.63. The van der Waals surface area contributed by atoms with Gasteiger partial charge in [0.1, 0.15) is 6.04 Å². The molecule has 0 aromatic heterocycles. The van der Waals surface area contributed by atoms with Crippen molar-refractivity contribution in [1.29, 1.82) is 0 Å². The first-order chi connectivity index (χ1) is 8.65. The summed E-state index contributed by atoms with van der Waals surface area (Å²) in [6, 6.07) is 8.56. The van der Waals surface area contributed by atoms with Crippen LogP contribution in [0.1, 0.15) is 12.0 Å². The third kappa shape index (κ3) is 3.04. The Morgan fingerprint density at radius 2 is 2.00 bits per heavy atom. The van der Waals surface area contributed by atoms with Crippen LogP contribution >= 0.6 is 0 Å². The highest BCUT2D eigenvalue weighted by Gasteiger charge is 2.30. The second-order valence-electron chi connectivity index (χ2n) is 3.92. The first-order valence-electron chi connectivity index (χ1n) is 5.52. The summed E-state index contributed by atoms with van der Waals surface area (Å²) in [4.78, 5) is 33.7. The molecule has 18 heavy (non-hydrogen) atoms. The van der Waals surface area contributed by atoms with Gasteiger partial charge in [-0.15, -0.1) is 0 Å². The Morgan fingerprint density at radius 1 is 1.28 bits per heavy atom. The Hall–Kier alpha value is -2.43. The standard InChI is InChI=1S/C13H12N2O3/c16-11(7-6-9-4-2-1-3-5-9)14-10-8-12(17)15-13(10)18/h1-7,10H,8H2,(H,14,16)(H,15,17,18). The molecule has 1 unspecified atom stereocenters. The van der Waals surface area contributed by atoms with Crippen LogP contribution in [0.4, 0.5) is 0 Å². The zero-order chi connectivity index (χ0) is 13.0. The lowest BCUT2D eigenvalue weighted by atomic mass is 10.2. The highest BCUT2D eigenvalue weighted by atomic mass is 16.2. The summed E-state index contributed by atoms with van der Waals surface area (Å²) in [6.07, 6.45) is 2.99. The first kappa shape index (κ1) is 12.0. The molecule has 5 nitrogen and oxygen atoms in total. The Bertz CT molecular complexity index is 508. The third-order valence-electron chi connectivity index (χ3n) is 2.51. The lowest BCUT2D eigenvalue weighted by Gasteiger charge is -2.05. The largest absolute Gasteiger partial charge is 0.340 e. The summed E-state index contributed by atoms with van der Waals surface area (Å²) in [7, 11) is 0. The molecular weight excluding hydrogens is 232 g/mol. The predicted molar refractivity (Wildman–Crippen MR) is 65.2 cm³/mol. The van der Waals surface area contributed by atoms with Gasteiger partial charge in [-0.2, -0.15) is 0 Å². The number of carbonyl (C=O) groups excluding carboxylic acids is 3. The van der Waals surface area contributed by atoms with Crippen LogP contribution < -0.4 is 10.6 Å². The lowest BCUT2D eigenvalue weighted by molar-refractivity contribution is -0.127. The van der Waals surface area contributed by atoms with Crippen molar-refractivity contribution in [3.05, 3.63) is 42.0 Å². The molecule has 0 spiro atoms. The van der Waals surface area contributed by atoms with Crippen molar-refractivity contribution in [2.45, 2.75) is 12.5 Å². The molecule has 1 aromatic carbocycles. The van der Waals surface area contributed by atoms with Gasteiger partial charge in [-0.25, -0.2) is 0 Å². The summed E-state index contributed by atoms with van der Waals surface area (Å²) in [6.45, 7) is 0. The molecule has 2 rings (SSSR count). The van der Waals surface area contributed by atoms with Crippen LogP contribution in [0.25, 0.3) is 6.08 Å². The number of imide groups is 1. The van der Waals surface area contributed by atoms with E-state index in [-0.39, 0.29) is 12.3 Å². The molecule has 1 fully saturated rings. The molecule has 1 heterocycles. The average Bonchev–Trinajstić information content (AvgIpc) is 2.67. The minimum Gasteiger partial charge on any atom is -0.340 e. The zero-order valence-electron chi connectivity index (χ0n) is 9.55. The van der Waals surface area contributed by atoms with E-state index in [0.29, 0.717) is 0 Å². The number of amides is 3. The van der Waals surface area contributed by atoms with Gasteiger partial charge in [0.25, 0.3) is 0 Å². The Kier molecular flexibility index (Phi) is 3.52. The van der Waals surface area contributed by atoms with Crippen molar-refractivity contribution < 1.29 is 14.4 Å². The average molecular weight is 244 g/mol. The van der Waals surface area contributed by atoms with Crippen molar-refractivity contribution in [3.8, 4) is 0 Å².